The van der Waals surface area contributed by atoms with Gasteiger partial charge in [0.05, 0.1) is 5.69 Å². The van der Waals surface area contributed by atoms with Crippen LogP contribution < -0.4 is 10.1 Å². The molecule has 2 aromatic heterocycles. The third-order valence-corrected chi connectivity index (χ3v) is 4.30. The lowest BCUT2D eigenvalue weighted by Crippen LogP contribution is -2.21. The number of benzene rings is 1. The molecule has 0 fully saturated rings. The molecule has 3 rings (SSSR count). The van der Waals surface area contributed by atoms with Crippen molar-refractivity contribution in [2.45, 2.75) is 33.1 Å². The number of carbonyl (C=O) groups is 1. The first-order valence-electron chi connectivity index (χ1n) is 8.54. The molecule has 130 valence electrons. The fourth-order valence-electron chi connectivity index (χ4n) is 2.81. The number of fused-ring (bicyclic) bond motifs is 1. The second-order valence-corrected chi connectivity index (χ2v) is 6.22. The molecule has 0 aliphatic carbocycles. The van der Waals surface area contributed by atoms with E-state index in [4.69, 9.17) is 4.74 Å². The zero-order chi connectivity index (χ0) is 17.8. The van der Waals surface area contributed by atoms with E-state index in [1.807, 2.05) is 54.0 Å². The highest BCUT2D eigenvalue weighted by atomic mass is 16.5. The van der Waals surface area contributed by atoms with Crippen LogP contribution in [0.5, 0.6) is 5.75 Å². The van der Waals surface area contributed by atoms with Gasteiger partial charge in [0.2, 0.25) is 0 Å². The number of hydrogen-bond donors (Lipinski definition) is 1. The number of para-hydroxylation sites is 1. The number of anilines is 1. The molecule has 0 saturated carbocycles. The quantitative estimate of drug-likeness (QED) is 0.734. The second kappa shape index (κ2) is 7.38. The summed E-state index contributed by atoms with van der Waals surface area (Å²) in [5.41, 5.74) is 3.61. The molecule has 0 spiro atoms. The van der Waals surface area contributed by atoms with Crippen molar-refractivity contribution in [2.75, 3.05) is 11.9 Å². The van der Waals surface area contributed by atoms with E-state index in [1.54, 1.807) is 0 Å². The molecule has 1 amide bonds. The van der Waals surface area contributed by atoms with Crippen molar-refractivity contribution in [3.8, 4) is 5.75 Å². The van der Waals surface area contributed by atoms with Gasteiger partial charge in [0, 0.05) is 18.1 Å². The molecule has 5 nitrogen and oxygen atoms in total. The van der Waals surface area contributed by atoms with Crippen LogP contribution in [0.4, 0.5) is 5.69 Å². The monoisotopic (exact) mass is 337 g/mol. The summed E-state index contributed by atoms with van der Waals surface area (Å²) in [7, 11) is 0. The Labute approximate surface area is 147 Å². The van der Waals surface area contributed by atoms with E-state index in [1.165, 1.54) is 0 Å². The van der Waals surface area contributed by atoms with Crippen molar-refractivity contribution in [2.24, 2.45) is 0 Å². The van der Waals surface area contributed by atoms with Crippen LogP contribution in [0.15, 0.2) is 48.8 Å². The van der Waals surface area contributed by atoms with Gasteiger partial charge in [-0.1, -0.05) is 32.0 Å². The molecule has 0 aliphatic heterocycles. The topological polar surface area (TPSA) is 55.6 Å². The number of aromatic nitrogens is 2. The Morgan fingerprint density at radius 2 is 2.08 bits per heavy atom. The number of carbonyl (C=O) groups excluding carboxylic acids is 1. The molecule has 0 radical (unpaired) electrons. The summed E-state index contributed by atoms with van der Waals surface area (Å²) in [6.45, 7) is 6.16. The number of amides is 1. The minimum Gasteiger partial charge on any atom is -0.480 e. The molecule has 3 aromatic rings. The highest BCUT2D eigenvalue weighted by Crippen LogP contribution is 2.26. The van der Waals surface area contributed by atoms with Crippen molar-refractivity contribution in [3.63, 3.8) is 0 Å². The summed E-state index contributed by atoms with van der Waals surface area (Å²) < 4.78 is 7.59. The van der Waals surface area contributed by atoms with Crippen molar-refractivity contribution in [1.29, 1.82) is 0 Å². The average Bonchev–Trinajstić information content (AvgIpc) is 3.00. The van der Waals surface area contributed by atoms with Crippen LogP contribution in [0.1, 0.15) is 37.4 Å². The number of pyridine rings is 1. The fourth-order valence-corrected chi connectivity index (χ4v) is 2.81. The summed E-state index contributed by atoms with van der Waals surface area (Å²) in [4.78, 5) is 16.8. The largest absolute Gasteiger partial charge is 0.480 e. The van der Waals surface area contributed by atoms with Crippen LogP contribution in [0.3, 0.4) is 0 Å². The van der Waals surface area contributed by atoms with Gasteiger partial charge in [0.1, 0.15) is 0 Å². The number of nitrogens with one attached hydrogen (secondary N) is 1. The predicted molar refractivity (Wildman–Crippen MR) is 99.2 cm³/mol. The summed E-state index contributed by atoms with van der Waals surface area (Å²) in [5, 5.41) is 2.96. The number of ether oxygens (including phenoxy) is 1. The van der Waals surface area contributed by atoms with Crippen LogP contribution >= 0.6 is 0 Å². The number of aryl methyl sites for hydroxylation is 1. The Hall–Kier alpha value is -2.82. The first kappa shape index (κ1) is 17.0. The molecule has 5 heteroatoms. The lowest BCUT2D eigenvalue weighted by Gasteiger charge is -2.15. The number of nitrogens with zero attached hydrogens (tertiary/aromatic N) is 2. The molecule has 0 bridgehead atoms. The van der Waals surface area contributed by atoms with Gasteiger partial charge in [0.25, 0.3) is 5.91 Å². The molecule has 2 heterocycles. The summed E-state index contributed by atoms with van der Waals surface area (Å²) in [6.07, 6.45) is 4.85. The third-order valence-electron chi connectivity index (χ3n) is 4.30. The van der Waals surface area contributed by atoms with Gasteiger partial charge in [-0.2, -0.15) is 0 Å². The Bertz CT molecular complexity index is 886. The smallest absolute Gasteiger partial charge is 0.262 e. The van der Waals surface area contributed by atoms with Crippen LogP contribution in [0, 0.1) is 6.92 Å². The molecular formula is C20H23N3O2. The molecule has 1 atom stereocenters. The molecule has 0 saturated heterocycles. The molecular weight excluding hydrogens is 314 g/mol. The van der Waals surface area contributed by atoms with E-state index in [0.717, 1.165) is 23.4 Å². The van der Waals surface area contributed by atoms with E-state index < -0.39 is 0 Å². The maximum Gasteiger partial charge on any atom is 0.262 e. The molecule has 1 aromatic carbocycles. The Kier molecular flexibility index (Phi) is 5.03. The zero-order valence-corrected chi connectivity index (χ0v) is 14.8. The maximum atomic E-state index is 12.3. The van der Waals surface area contributed by atoms with Gasteiger partial charge in [0.15, 0.2) is 18.0 Å². The Morgan fingerprint density at radius 3 is 2.88 bits per heavy atom. The first-order chi connectivity index (χ1) is 12.1. The lowest BCUT2D eigenvalue weighted by molar-refractivity contribution is -0.118. The molecule has 1 N–H and O–H groups in total. The number of hydrogen-bond acceptors (Lipinski definition) is 3. The van der Waals surface area contributed by atoms with Gasteiger partial charge in [-0.3, -0.25) is 4.79 Å². The van der Waals surface area contributed by atoms with E-state index in [9.17, 15) is 4.79 Å². The van der Waals surface area contributed by atoms with Crippen molar-refractivity contribution in [3.05, 3.63) is 60.0 Å². The van der Waals surface area contributed by atoms with E-state index >= 15 is 0 Å². The van der Waals surface area contributed by atoms with Crippen LogP contribution in [0.2, 0.25) is 0 Å². The third kappa shape index (κ3) is 3.82. The van der Waals surface area contributed by atoms with Gasteiger partial charge < -0.3 is 14.5 Å². The summed E-state index contributed by atoms with van der Waals surface area (Å²) in [5.74, 6) is 0.807. The van der Waals surface area contributed by atoms with Crippen molar-refractivity contribution >= 4 is 17.2 Å². The predicted octanol–water partition coefficient (Wildman–Crippen LogP) is 4.17. The highest BCUT2D eigenvalue weighted by molar-refractivity contribution is 5.92. The minimum atomic E-state index is -0.180. The summed E-state index contributed by atoms with van der Waals surface area (Å²) in [6, 6.07) is 11.6. The van der Waals surface area contributed by atoms with Crippen LogP contribution in [0.25, 0.3) is 5.65 Å². The van der Waals surface area contributed by atoms with Crippen LogP contribution in [-0.2, 0) is 4.79 Å². The number of rotatable bonds is 6. The van der Waals surface area contributed by atoms with Gasteiger partial charge >= 0.3 is 0 Å². The molecule has 25 heavy (non-hydrogen) atoms. The zero-order valence-electron chi connectivity index (χ0n) is 14.8. The molecule has 0 aliphatic rings. The highest BCUT2D eigenvalue weighted by Gasteiger charge is 2.12. The minimum absolute atomic E-state index is 0.0551. The summed E-state index contributed by atoms with van der Waals surface area (Å²) >= 11 is 0. The van der Waals surface area contributed by atoms with E-state index in [-0.39, 0.29) is 12.5 Å². The Morgan fingerprint density at radius 1 is 1.28 bits per heavy atom. The second-order valence-electron chi connectivity index (χ2n) is 6.22. The lowest BCUT2D eigenvalue weighted by atomic mass is 9.97. The fraction of sp³-hybridized carbons (Fsp3) is 0.300. The van der Waals surface area contributed by atoms with Crippen molar-refractivity contribution in [1.82, 2.24) is 9.38 Å². The van der Waals surface area contributed by atoms with Gasteiger partial charge in [-0.15, -0.1) is 0 Å². The standard InChI is InChI=1S/C20H23N3O2/c1-4-14(2)16-8-5-6-9-17(16)22-19(24)13-25-18-10-7-11-23-12-15(3)21-20(18)23/h5-12,14H,4,13H2,1-3H3,(H,22,24). The van der Waals surface area contributed by atoms with Gasteiger partial charge in [-0.05, 0) is 43.0 Å². The first-order valence-corrected chi connectivity index (χ1v) is 8.54. The Balaban J connectivity index is 1.69. The normalized spacial score (nSPS) is 12.1. The SMILES string of the molecule is CCC(C)c1ccccc1NC(=O)COc1cccn2cc(C)nc12. The van der Waals surface area contributed by atoms with E-state index in [2.05, 4.69) is 30.2 Å². The maximum absolute atomic E-state index is 12.3. The van der Waals surface area contributed by atoms with E-state index in [0.29, 0.717) is 17.3 Å². The van der Waals surface area contributed by atoms with Crippen LogP contribution in [-0.4, -0.2) is 21.9 Å². The number of imidazole rings is 1. The van der Waals surface area contributed by atoms with Gasteiger partial charge in [-0.25, -0.2) is 4.98 Å². The average molecular weight is 337 g/mol. The van der Waals surface area contributed by atoms with Crippen molar-refractivity contribution < 1.29 is 9.53 Å². The molecule has 1 unspecified atom stereocenters.